The first-order chi connectivity index (χ1) is 14.4. The third kappa shape index (κ3) is 3.95. The van der Waals surface area contributed by atoms with Gasteiger partial charge in [-0.1, -0.05) is 24.3 Å². The predicted octanol–water partition coefficient (Wildman–Crippen LogP) is 3.06. The largest absolute Gasteiger partial charge is 0.368 e. The molecular formula is C24H28N4O2. The van der Waals surface area contributed by atoms with Crippen LogP contribution < -0.4 is 10.5 Å². The number of amides is 1. The van der Waals surface area contributed by atoms with Crippen molar-refractivity contribution in [3.63, 3.8) is 0 Å². The van der Waals surface area contributed by atoms with E-state index in [9.17, 15) is 9.59 Å². The van der Waals surface area contributed by atoms with E-state index >= 15 is 0 Å². The van der Waals surface area contributed by atoms with Crippen LogP contribution in [0.5, 0.6) is 0 Å². The van der Waals surface area contributed by atoms with Crippen LogP contribution in [-0.4, -0.2) is 46.5 Å². The number of fused-ring (bicyclic) bond motifs is 1. The highest BCUT2D eigenvalue weighted by Gasteiger charge is 2.22. The van der Waals surface area contributed by atoms with Gasteiger partial charge in [0.1, 0.15) is 5.69 Å². The lowest BCUT2D eigenvalue weighted by atomic mass is 10.1. The zero-order valence-corrected chi connectivity index (χ0v) is 17.9. The zero-order valence-electron chi connectivity index (χ0n) is 17.9. The van der Waals surface area contributed by atoms with Crippen molar-refractivity contribution < 1.29 is 4.79 Å². The van der Waals surface area contributed by atoms with E-state index in [1.807, 2.05) is 29.2 Å². The summed E-state index contributed by atoms with van der Waals surface area (Å²) in [6.45, 7) is 9.40. The van der Waals surface area contributed by atoms with E-state index in [-0.39, 0.29) is 11.5 Å². The van der Waals surface area contributed by atoms with Crippen LogP contribution in [0.2, 0.25) is 0 Å². The molecule has 0 spiro atoms. The fourth-order valence-corrected chi connectivity index (χ4v) is 4.16. The molecule has 0 saturated carbocycles. The Labute approximate surface area is 176 Å². The molecule has 156 valence electrons. The lowest BCUT2D eigenvalue weighted by molar-refractivity contribution is -0.131. The number of para-hydroxylation sites is 2. The average Bonchev–Trinajstić information content (AvgIpc) is 2.76. The fraction of sp³-hybridized carbons (Fsp3) is 0.375. The van der Waals surface area contributed by atoms with Gasteiger partial charge in [-0.15, -0.1) is 0 Å². The molecule has 0 unspecified atom stereocenters. The van der Waals surface area contributed by atoms with Crippen molar-refractivity contribution in [2.24, 2.45) is 0 Å². The molecule has 1 aromatic heterocycles. The maximum absolute atomic E-state index is 12.8. The SMILES string of the molecule is Cc1ccc(C)c(N2CCN(C(=O)CCn3c(=O)c(C)nc4ccccc43)CC2)c1. The molecule has 0 bridgehead atoms. The maximum atomic E-state index is 12.8. The second kappa shape index (κ2) is 8.30. The Balaban J connectivity index is 1.42. The summed E-state index contributed by atoms with van der Waals surface area (Å²) >= 11 is 0. The Morgan fingerprint density at radius 2 is 1.73 bits per heavy atom. The summed E-state index contributed by atoms with van der Waals surface area (Å²) in [5, 5.41) is 0. The summed E-state index contributed by atoms with van der Waals surface area (Å²) in [5.74, 6) is 0.0982. The molecule has 6 heteroatoms. The Morgan fingerprint density at radius 1 is 1.00 bits per heavy atom. The maximum Gasteiger partial charge on any atom is 0.272 e. The number of aromatic nitrogens is 2. The van der Waals surface area contributed by atoms with Crippen molar-refractivity contribution in [2.45, 2.75) is 33.7 Å². The van der Waals surface area contributed by atoms with Gasteiger partial charge in [0.15, 0.2) is 0 Å². The lowest BCUT2D eigenvalue weighted by Gasteiger charge is -2.37. The molecule has 0 radical (unpaired) electrons. The molecule has 0 atom stereocenters. The molecule has 3 aromatic rings. The van der Waals surface area contributed by atoms with Crippen molar-refractivity contribution >= 4 is 22.6 Å². The van der Waals surface area contributed by atoms with E-state index in [0.29, 0.717) is 31.7 Å². The molecule has 1 fully saturated rings. The molecule has 0 N–H and O–H groups in total. The number of piperazine rings is 1. The van der Waals surface area contributed by atoms with E-state index in [0.717, 1.165) is 24.1 Å². The second-order valence-corrected chi connectivity index (χ2v) is 8.05. The van der Waals surface area contributed by atoms with E-state index in [1.54, 1.807) is 11.5 Å². The van der Waals surface area contributed by atoms with E-state index in [2.05, 4.69) is 41.9 Å². The molecule has 6 nitrogen and oxygen atoms in total. The fourth-order valence-electron chi connectivity index (χ4n) is 4.16. The number of hydrogen-bond donors (Lipinski definition) is 0. The van der Waals surface area contributed by atoms with E-state index in [1.165, 1.54) is 16.8 Å². The molecular weight excluding hydrogens is 376 g/mol. The summed E-state index contributed by atoms with van der Waals surface area (Å²) in [4.78, 5) is 34.1. The highest BCUT2D eigenvalue weighted by atomic mass is 16.2. The molecule has 0 aliphatic carbocycles. The van der Waals surface area contributed by atoms with Crippen LogP contribution in [-0.2, 0) is 11.3 Å². The van der Waals surface area contributed by atoms with Gasteiger partial charge < -0.3 is 14.4 Å². The Bertz CT molecular complexity index is 1140. The van der Waals surface area contributed by atoms with Crippen LogP contribution in [0.25, 0.3) is 11.0 Å². The van der Waals surface area contributed by atoms with Gasteiger partial charge in [0.2, 0.25) is 5.91 Å². The number of rotatable bonds is 4. The van der Waals surface area contributed by atoms with Crippen LogP contribution >= 0.6 is 0 Å². The number of aryl methyl sites for hydroxylation is 4. The average molecular weight is 405 g/mol. The summed E-state index contributed by atoms with van der Waals surface area (Å²) in [7, 11) is 0. The zero-order chi connectivity index (χ0) is 21.3. The van der Waals surface area contributed by atoms with Crippen LogP contribution in [0.4, 0.5) is 5.69 Å². The molecule has 1 aliphatic heterocycles. The number of hydrogen-bond acceptors (Lipinski definition) is 4. The van der Waals surface area contributed by atoms with Crippen LogP contribution in [0.15, 0.2) is 47.3 Å². The third-order valence-electron chi connectivity index (χ3n) is 5.90. The van der Waals surface area contributed by atoms with Gasteiger partial charge in [-0.25, -0.2) is 4.98 Å². The topological polar surface area (TPSA) is 58.4 Å². The van der Waals surface area contributed by atoms with Gasteiger partial charge in [-0.05, 0) is 50.1 Å². The van der Waals surface area contributed by atoms with Gasteiger partial charge in [0.05, 0.1) is 11.0 Å². The first-order valence-corrected chi connectivity index (χ1v) is 10.5. The number of benzene rings is 2. The first-order valence-electron chi connectivity index (χ1n) is 10.5. The lowest BCUT2D eigenvalue weighted by Crippen LogP contribution is -2.49. The van der Waals surface area contributed by atoms with Crippen molar-refractivity contribution in [3.05, 3.63) is 69.6 Å². The minimum atomic E-state index is -0.124. The van der Waals surface area contributed by atoms with Crippen molar-refractivity contribution in [2.75, 3.05) is 31.1 Å². The molecule has 2 aromatic carbocycles. The normalized spacial score (nSPS) is 14.4. The number of carbonyl (C=O) groups is 1. The highest BCUT2D eigenvalue weighted by Crippen LogP contribution is 2.23. The Morgan fingerprint density at radius 3 is 2.50 bits per heavy atom. The predicted molar refractivity (Wildman–Crippen MR) is 120 cm³/mol. The second-order valence-electron chi connectivity index (χ2n) is 8.05. The third-order valence-corrected chi connectivity index (χ3v) is 5.90. The van der Waals surface area contributed by atoms with Gasteiger partial charge in [-0.3, -0.25) is 9.59 Å². The summed E-state index contributed by atoms with van der Waals surface area (Å²) in [6.07, 6.45) is 0.316. The van der Waals surface area contributed by atoms with Crippen molar-refractivity contribution in [1.82, 2.24) is 14.5 Å². The van der Waals surface area contributed by atoms with Gasteiger partial charge in [-0.2, -0.15) is 0 Å². The molecule has 1 aliphatic rings. The summed E-state index contributed by atoms with van der Waals surface area (Å²) in [5.41, 5.74) is 5.67. The molecule has 1 saturated heterocycles. The van der Waals surface area contributed by atoms with Crippen molar-refractivity contribution in [3.8, 4) is 0 Å². The molecule has 4 rings (SSSR count). The highest BCUT2D eigenvalue weighted by molar-refractivity contribution is 5.78. The summed E-state index contributed by atoms with van der Waals surface area (Å²) in [6, 6.07) is 14.1. The Hall–Kier alpha value is -3.15. The number of carbonyl (C=O) groups excluding carboxylic acids is 1. The van der Waals surface area contributed by atoms with Gasteiger partial charge in [0, 0.05) is 44.8 Å². The standard InChI is InChI=1S/C24H28N4O2/c1-17-8-9-18(2)22(16-17)26-12-14-27(15-13-26)23(29)10-11-28-21-7-5-4-6-20(21)25-19(3)24(28)30/h4-9,16H,10-15H2,1-3H3. The number of anilines is 1. The van der Waals surface area contributed by atoms with Crippen LogP contribution in [0, 0.1) is 20.8 Å². The first kappa shape index (κ1) is 20.1. The minimum absolute atomic E-state index is 0.0982. The molecule has 1 amide bonds. The van der Waals surface area contributed by atoms with Crippen LogP contribution in [0.1, 0.15) is 23.2 Å². The van der Waals surface area contributed by atoms with Gasteiger partial charge >= 0.3 is 0 Å². The van der Waals surface area contributed by atoms with E-state index in [4.69, 9.17) is 0 Å². The smallest absolute Gasteiger partial charge is 0.272 e. The van der Waals surface area contributed by atoms with E-state index < -0.39 is 0 Å². The Kier molecular flexibility index (Phi) is 5.57. The van der Waals surface area contributed by atoms with Crippen LogP contribution in [0.3, 0.4) is 0 Å². The van der Waals surface area contributed by atoms with Crippen molar-refractivity contribution in [1.29, 1.82) is 0 Å². The molecule has 30 heavy (non-hydrogen) atoms. The molecule has 2 heterocycles. The quantitative estimate of drug-likeness (QED) is 0.671. The minimum Gasteiger partial charge on any atom is -0.368 e. The summed E-state index contributed by atoms with van der Waals surface area (Å²) < 4.78 is 1.68. The number of nitrogens with zero attached hydrogens (tertiary/aromatic N) is 4. The van der Waals surface area contributed by atoms with Gasteiger partial charge in [0.25, 0.3) is 5.56 Å². The monoisotopic (exact) mass is 404 g/mol.